The third-order valence-electron chi connectivity index (χ3n) is 3.09. The number of nitriles is 1. The van der Waals surface area contributed by atoms with Crippen LogP contribution in [0.25, 0.3) is 5.52 Å². The molecule has 6 heteroatoms. The number of ether oxygens (including phenoxy) is 1. The molecule has 2 aromatic heterocycles. The van der Waals surface area contributed by atoms with Gasteiger partial charge in [-0.3, -0.25) is 0 Å². The Hall–Kier alpha value is -2.39. The topological polar surface area (TPSA) is 87.6 Å². The van der Waals surface area contributed by atoms with Gasteiger partial charge in [-0.15, -0.1) is 0 Å². The number of aromatic nitrogens is 2. The predicted molar refractivity (Wildman–Crippen MR) is 60.3 cm³/mol. The van der Waals surface area contributed by atoms with Crippen molar-refractivity contribution in [2.75, 3.05) is 13.2 Å². The third-order valence-corrected chi connectivity index (χ3v) is 3.09. The minimum atomic E-state index is -1.10. The van der Waals surface area contributed by atoms with Crippen molar-refractivity contribution in [3.05, 3.63) is 35.9 Å². The number of rotatable bonds is 2. The number of pyridine rings is 1. The molecule has 1 N–H and O–H groups in total. The maximum atomic E-state index is 11.2. The number of aromatic carboxylic acids is 1. The quantitative estimate of drug-likeness (QED) is 0.843. The van der Waals surface area contributed by atoms with E-state index in [0.717, 1.165) is 0 Å². The van der Waals surface area contributed by atoms with E-state index in [0.29, 0.717) is 11.3 Å². The second kappa shape index (κ2) is 3.55. The smallest absolute Gasteiger partial charge is 0.356 e. The van der Waals surface area contributed by atoms with Crippen LogP contribution in [0.15, 0.2) is 24.4 Å². The highest BCUT2D eigenvalue weighted by Gasteiger charge is 2.45. The lowest BCUT2D eigenvalue weighted by atomic mass is 9.87. The van der Waals surface area contributed by atoms with Gasteiger partial charge >= 0.3 is 5.97 Å². The summed E-state index contributed by atoms with van der Waals surface area (Å²) in [4.78, 5) is 15.3. The molecule has 1 aliphatic heterocycles. The van der Waals surface area contributed by atoms with E-state index in [9.17, 15) is 10.1 Å². The van der Waals surface area contributed by atoms with Crippen LogP contribution < -0.4 is 0 Å². The molecule has 0 amide bonds. The average molecular weight is 243 g/mol. The molecular formula is C12H9N3O3. The van der Waals surface area contributed by atoms with Gasteiger partial charge in [0.15, 0.2) is 11.1 Å². The molecular weight excluding hydrogens is 234 g/mol. The van der Waals surface area contributed by atoms with Crippen molar-refractivity contribution in [1.82, 2.24) is 9.38 Å². The fraction of sp³-hybridized carbons (Fsp3) is 0.250. The van der Waals surface area contributed by atoms with E-state index >= 15 is 0 Å². The zero-order chi connectivity index (χ0) is 12.8. The molecule has 18 heavy (non-hydrogen) atoms. The molecule has 0 atom stereocenters. The van der Waals surface area contributed by atoms with E-state index in [-0.39, 0.29) is 18.9 Å². The summed E-state index contributed by atoms with van der Waals surface area (Å²) in [6.45, 7) is 0.493. The number of nitrogens with zero attached hydrogens (tertiary/aromatic N) is 3. The largest absolute Gasteiger partial charge is 0.476 e. The Kier molecular flexibility index (Phi) is 2.12. The number of hydrogen-bond donors (Lipinski definition) is 1. The normalized spacial score (nSPS) is 17.1. The van der Waals surface area contributed by atoms with Crippen molar-refractivity contribution in [3.63, 3.8) is 0 Å². The summed E-state index contributed by atoms with van der Waals surface area (Å²) in [5, 5.41) is 18.4. The molecule has 1 saturated heterocycles. The fourth-order valence-corrected chi connectivity index (χ4v) is 2.08. The molecule has 0 bridgehead atoms. The Morgan fingerprint density at radius 3 is 2.89 bits per heavy atom. The maximum absolute atomic E-state index is 11.2. The Morgan fingerprint density at radius 1 is 1.56 bits per heavy atom. The van der Waals surface area contributed by atoms with Crippen LogP contribution in [0, 0.1) is 11.3 Å². The van der Waals surface area contributed by atoms with E-state index in [1.54, 1.807) is 28.8 Å². The Bertz CT molecular complexity index is 679. The van der Waals surface area contributed by atoms with Gasteiger partial charge in [0, 0.05) is 6.20 Å². The van der Waals surface area contributed by atoms with Crippen LogP contribution in [-0.2, 0) is 10.2 Å². The molecule has 0 aliphatic carbocycles. The summed E-state index contributed by atoms with van der Waals surface area (Å²) in [7, 11) is 0. The van der Waals surface area contributed by atoms with Crippen LogP contribution in [-0.4, -0.2) is 33.7 Å². The highest BCUT2D eigenvalue weighted by molar-refractivity contribution is 5.93. The van der Waals surface area contributed by atoms with Crippen molar-refractivity contribution < 1.29 is 14.6 Å². The number of carbonyl (C=O) groups is 1. The van der Waals surface area contributed by atoms with Crippen molar-refractivity contribution in [2.24, 2.45) is 0 Å². The highest BCUT2D eigenvalue weighted by atomic mass is 16.5. The van der Waals surface area contributed by atoms with Crippen LogP contribution in [0.1, 0.15) is 16.3 Å². The molecule has 0 spiro atoms. The minimum Gasteiger partial charge on any atom is -0.476 e. The average Bonchev–Trinajstić information content (AvgIpc) is 2.69. The molecule has 3 rings (SSSR count). The zero-order valence-corrected chi connectivity index (χ0v) is 9.33. The maximum Gasteiger partial charge on any atom is 0.356 e. The third kappa shape index (κ3) is 1.25. The standard InChI is InChI=1S/C12H9N3O3/c13-5-12(6-18-7-12)11-14-9(10(16)17)8-3-1-2-4-15(8)11/h1-4H,6-7H2,(H,16,17). The van der Waals surface area contributed by atoms with Gasteiger partial charge in [-0.1, -0.05) is 6.07 Å². The summed E-state index contributed by atoms with van der Waals surface area (Å²) >= 11 is 0. The Morgan fingerprint density at radius 2 is 2.33 bits per heavy atom. The highest BCUT2D eigenvalue weighted by Crippen LogP contribution is 2.32. The van der Waals surface area contributed by atoms with Gasteiger partial charge < -0.3 is 14.2 Å². The Labute approximate surface area is 102 Å². The van der Waals surface area contributed by atoms with Gasteiger partial charge in [-0.25, -0.2) is 9.78 Å². The molecule has 1 fully saturated rings. The first-order valence-electron chi connectivity index (χ1n) is 5.38. The molecule has 6 nitrogen and oxygen atoms in total. The number of hydrogen-bond acceptors (Lipinski definition) is 4. The fourth-order valence-electron chi connectivity index (χ4n) is 2.08. The molecule has 0 aromatic carbocycles. The number of imidazole rings is 1. The number of carboxylic acids is 1. The molecule has 0 unspecified atom stereocenters. The van der Waals surface area contributed by atoms with Crippen molar-refractivity contribution in [3.8, 4) is 6.07 Å². The van der Waals surface area contributed by atoms with E-state index < -0.39 is 11.4 Å². The summed E-state index contributed by atoms with van der Waals surface area (Å²) in [5.41, 5.74) is -0.383. The summed E-state index contributed by atoms with van der Waals surface area (Å²) in [6, 6.07) is 7.36. The first-order valence-corrected chi connectivity index (χ1v) is 5.38. The molecule has 2 aromatic rings. The second-order valence-electron chi connectivity index (χ2n) is 4.23. The van der Waals surface area contributed by atoms with E-state index in [2.05, 4.69) is 11.1 Å². The predicted octanol–water partition coefficient (Wildman–Crippen LogP) is 0.824. The lowest BCUT2D eigenvalue weighted by Crippen LogP contribution is -2.46. The van der Waals surface area contributed by atoms with Crippen LogP contribution in [0.2, 0.25) is 0 Å². The van der Waals surface area contributed by atoms with Gasteiger partial charge in [0.2, 0.25) is 0 Å². The summed E-state index contributed by atoms with van der Waals surface area (Å²) in [5.74, 6) is -0.664. The summed E-state index contributed by atoms with van der Waals surface area (Å²) < 4.78 is 6.73. The Balaban J connectivity index is 2.31. The van der Waals surface area contributed by atoms with Crippen molar-refractivity contribution >= 4 is 11.5 Å². The van der Waals surface area contributed by atoms with Crippen molar-refractivity contribution in [1.29, 1.82) is 5.26 Å². The van der Waals surface area contributed by atoms with Crippen LogP contribution in [0.3, 0.4) is 0 Å². The van der Waals surface area contributed by atoms with Gasteiger partial charge in [0.25, 0.3) is 0 Å². The lowest BCUT2D eigenvalue weighted by molar-refractivity contribution is -0.0341. The SMILES string of the molecule is N#CC1(c2nc(C(=O)O)c3ccccn23)COC1. The van der Waals surface area contributed by atoms with Gasteiger partial charge in [-0.05, 0) is 12.1 Å². The van der Waals surface area contributed by atoms with Gasteiger partial charge in [-0.2, -0.15) is 5.26 Å². The van der Waals surface area contributed by atoms with Gasteiger partial charge in [0.1, 0.15) is 5.82 Å². The molecule has 0 saturated carbocycles. The molecule has 3 heterocycles. The van der Waals surface area contributed by atoms with E-state index in [1.807, 2.05) is 0 Å². The van der Waals surface area contributed by atoms with E-state index in [1.165, 1.54) is 0 Å². The molecule has 0 radical (unpaired) electrons. The minimum absolute atomic E-state index is 0.0351. The van der Waals surface area contributed by atoms with Crippen LogP contribution in [0.5, 0.6) is 0 Å². The second-order valence-corrected chi connectivity index (χ2v) is 4.23. The molecule has 90 valence electrons. The first-order chi connectivity index (χ1) is 8.68. The molecule has 1 aliphatic rings. The number of carboxylic acid groups (broad SMARTS) is 1. The lowest BCUT2D eigenvalue weighted by Gasteiger charge is -2.33. The van der Waals surface area contributed by atoms with E-state index in [4.69, 9.17) is 9.84 Å². The van der Waals surface area contributed by atoms with Crippen molar-refractivity contribution in [2.45, 2.75) is 5.41 Å². The van der Waals surface area contributed by atoms with Crippen LogP contribution in [0.4, 0.5) is 0 Å². The number of fused-ring (bicyclic) bond motifs is 1. The summed E-state index contributed by atoms with van der Waals surface area (Å²) in [6.07, 6.45) is 1.71. The van der Waals surface area contributed by atoms with Gasteiger partial charge in [0.05, 0.1) is 24.8 Å². The first kappa shape index (κ1) is 10.7. The monoisotopic (exact) mass is 243 g/mol. The van der Waals surface area contributed by atoms with Crippen LogP contribution >= 0.6 is 0 Å². The zero-order valence-electron chi connectivity index (χ0n) is 9.33.